The SMILES string of the molecule is [C-]#[N+]C1=CCC[C@H](OC(=O)CC)C1. The van der Waals surface area contributed by atoms with Gasteiger partial charge in [-0.15, -0.1) is 0 Å². The van der Waals surface area contributed by atoms with Gasteiger partial charge in [0.2, 0.25) is 0 Å². The van der Waals surface area contributed by atoms with E-state index in [4.69, 9.17) is 11.3 Å². The van der Waals surface area contributed by atoms with Crippen LogP contribution in [0.2, 0.25) is 0 Å². The molecule has 0 aromatic heterocycles. The summed E-state index contributed by atoms with van der Waals surface area (Å²) in [4.78, 5) is 14.3. The lowest BCUT2D eigenvalue weighted by molar-refractivity contribution is -0.149. The fourth-order valence-electron chi connectivity index (χ4n) is 1.32. The van der Waals surface area contributed by atoms with Gasteiger partial charge in [0.05, 0.1) is 12.7 Å². The Balaban J connectivity index is 2.43. The predicted octanol–water partition coefficient (Wildman–Crippen LogP) is 2.30. The first kappa shape index (κ1) is 9.79. The summed E-state index contributed by atoms with van der Waals surface area (Å²) in [7, 11) is 0. The van der Waals surface area contributed by atoms with E-state index in [1.54, 1.807) is 6.92 Å². The van der Waals surface area contributed by atoms with Crippen molar-refractivity contribution in [3.63, 3.8) is 0 Å². The van der Waals surface area contributed by atoms with Crippen molar-refractivity contribution in [2.24, 2.45) is 0 Å². The average Bonchev–Trinajstić information content (AvgIpc) is 2.18. The molecule has 0 aromatic carbocycles. The van der Waals surface area contributed by atoms with Crippen LogP contribution >= 0.6 is 0 Å². The van der Waals surface area contributed by atoms with E-state index in [2.05, 4.69) is 4.85 Å². The Hall–Kier alpha value is -1.30. The molecule has 1 rings (SSSR count). The fourth-order valence-corrected chi connectivity index (χ4v) is 1.32. The largest absolute Gasteiger partial charge is 0.463 e. The van der Waals surface area contributed by atoms with Gasteiger partial charge in [-0.3, -0.25) is 4.79 Å². The van der Waals surface area contributed by atoms with Gasteiger partial charge in [-0.25, -0.2) is 4.85 Å². The summed E-state index contributed by atoms with van der Waals surface area (Å²) in [6.07, 6.45) is 4.55. The smallest absolute Gasteiger partial charge is 0.305 e. The van der Waals surface area contributed by atoms with E-state index < -0.39 is 0 Å². The molecule has 0 N–H and O–H groups in total. The zero-order valence-corrected chi connectivity index (χ0v) is 7.75. The summed E-state index contributed by atoms with van der Waals surface area (Å²) >= 11 is 0. The molecular weight excluding hydrogens is 166 g/mol. The molecule has 0 saturated heterocycles. The third-order valence-corrected chi connectivity index (χ3v) is 2.04. The maximum Gasteiger partial charge on any atom is 0.305 e. The molecule has 0 saturated carbocycles. The fraction of sp³-hybridized carbons (Fsp3) is 0.600. The van der Waals surface area contributed by atoms with E-state index in [1.165, 1.54) is 0 Å². The van der Waals surface area contributed by atoms with Crippen LogP contribution in [0.3, 0.4) is 0 Å². The minimum absolute atomic E-state index is 0.0680. The lowest BCUT2D eigenvalue weighted by atomic mass is 10.0. The molecule has 0 spiro atoms. The summed E-state index contributed by atoms with van der Waals surface area (Å²) < 4.78 is 5.15. The summed E-state index contributed by atoms with van der Waals surface area (Å²) in [6.45, 7) is 8.61. The number of ether oxygens (including phenoxy) is 1. The van der Waals surface area contributed by atoms with E-state index in [9.17, 15) is 4.79 Å². The first-order chi connectivity index (χ1) is 6.26. The lowest BCUT2D eigenvalue weighted by Crippen LogP contribution is -2.19. The number of carbonyl (C=O) groups is 1. The zero-order valence-electron chi connectivity index (χ0n) is 7.75. The van der Waals surface area contributed by atoms with Crippen LogP contribution in [0.4, 0.5) is 0 Å². The number of nitrogens with zero attached hydrogens (tertiary/aromatic N) is 1. The lowest BCUT2D eigenvalue weighted by Gasteiger charge is -2.19. The normalized spacial score (nSPS) is 21.5. The van der Waals surface area contributed by atoms with Crippen LogP contribution in [0.15, 0.2) is 11.8 Å². The highest BCUT2D eigenvalue weighted by Crippen LogP contribution is 2.21. The van der Waals surface area contributed by atoms with Gasteiger partial charge in [0, 0.05) is 12.8 Å². The van der Waals surface area contributed by atoms with Crippen LogP contribution in [0.5, 0.6) is 0 Å². The standard InChI is InChI=1S/C10H13NO2/c1-3-10(12)13-9-6-4-5-8(7-9)11-2/h5,9H,3-4,6-7H2,1H3/t9-/m0/s1. The number of rotatable bonds is 2. The minimum atomic E-state index is -0.170. The number of esters is 1. The van der Waals surface area contributed by atoms with Gasteiger partial charge in [-0.05, 0) is 12.8 Å². The third-order valence-electron chi connectivity index (χ3n) is 2.04. The van der Waals surface area contributed by atoms with Gasteiger partial charge in [0.1, 0.15) is 0 Å². The van der Waals surface area contributed by atoms with Crippen LogP contribution in [0.25, 0.3) is 4.85 Å². The Bertz CT molecular complexity index is 263. The molecule has 0 radical (unpaired) electrons. The molecule has 1 aliphatic carbocycles. The maximum atomic E-state index is 11.0. The first-order valence-electron chi connectivity index (χ1n) is 4.52. The summed E-state index contributed by atoms with van der Waals surface area (Å²) in [6, 6.07) is 0. The molecule has 0 amide bonds. The van der Waals surface area contributed by atoms with Gasteiger partial charge < -0.3 is 4.74 Å². The second-order valence-corrected chi connectivity index (χ2v) is 3.05. The molecular formula is C10H13NO2. The van der Waals surface area contributed by atoms with E-state index in [-0.39, 0.29) is 12.1 Å². The highest BCUT2D eigenvalue weighted by atomic mass is 16.5. The molecule has 0 aromatic rings. The minimum Gasteiger partial charge on any atom is -0.463 e. The number of carbonyl (C=O) groups excluding carboxylic acids is 1. The van der Waals surface area contributed by atoms with Crippen molar-refractivity contribution in [3.8, 4) is 0 Å². The third kappa shape index (κ3) is 2.90. The second-order valence-electron chi connectivity index (χ2n) is 3.05. The van der Waals surface area contributed by atoms with Gasteiger partial charge in [0.25, 0.3) is 0 Å². The van der Waals surface area contributed by atoms with E-state index >= 15 is 0 Å². The highest BCUT2D eigenvalue weighted by molar-refractivity contribution is 5.69. The predicted molar refractivity (Wildman–Crippen MR) is 48.7 cm³/mol. The summed E-state index contributed by atoms with van der Waals surface area (Å²) in [5.74, 6) is -0.170. The number of hydrogen-bond donors (Lipinski definition) is 0. The first-order valence-corrected chi connectivity index (χ1v) is 4.52. The van der Waals surface area contributed by atoms with E-state index in [0.717, 1.165) is 18.5 Å². The molecule has 3 nitrogen and oxygen atoms in total. The van der Waals surface area contributed by atoms with Crippen LogP contribution in [0.1, 0.15) is 32.6 Å². The molecule has 0 bridgehead atoms. The monoisotopic (exact) mass is 179 g/mol. The van der Waals surface area contributed by atoms with Crippen LogP contribution in [-0.2, 0) is 9.53 Å². The zero-order chi connectivity index (χ0) is 9.68. The summed E-state index contributed by atoms with van der Waals surface area (Å²) in [5.41, 5.74) is 0.722. The van der Waals surface area contributed by atoms with Crippen molar-refractivity contribution in [2.75, 3.05) is 0 Å². The molecule has 0 fully saturated rings. The van der Waals surface area contributed by atoms with Crippen LogP contribution in [-0.4, -0.2) is 12.1 Å². The van der Waals surface area contributed by atoms with E-state index in [0.29, 0.717) is 12.8 Å². The Kier molecular flexibility index (Phi) is 3.51. The Morgan fingerprint density at radius 3 is 3.23 bits per heavy atom. The Morgan fingerprint density at radius 2 is 2.62 bits per heavy atom. The number of hydrogen-bond acceptors (Lipinski definition) is 2. The second kappa shape index (κ2) is 4.66. The summed E-state index contributed by atoms with van der Waals surface area (Å²) in [5, 5.41) is 0. The molecule has 0 unspecified atom stereocenters. The molecule has 13 heavy (non-hydrogen) atoms. The van der Waals surface area contributed by atoms with Gasteiger partial charge in [-0.2, -0.15) is 0 Å². The van der Waals surface area contributed by atoms with Crippen molar-refractivity contribution >= 4 is 5.97 Å². The average molecular weight is 179 g/mol. The van der Waals surface area contributed by atoms with Crippen molar-refractivity contribution < 1.29 is 9.53 Å². The van der Waals surface area contributed by atoms with Crippen molar-refractivity contribution in [1.82, 2.24) is 0 Å². The Labute approximate surface area is 78.2 Å². The molecule has 3 heteroatoms. The Morgan fingerprint density at radius 1 is 1.85 bits per heavy atom. The topological polar surface area (TPSA) is 30.7 Å². The molecule has 70 valence electrons. The molecule has 1 atom stereocenters. The van der Waals surface area contributed by atoms with Gasteiger partial charge >= 0.3 is 5.97 Å². The van der Waals surface area contributed by atoms with Crippen molar-refractivity contribution in [3.05, 3.63) is 23.2 Å². The van der Waals surface area contributed by atoms with E-state index in [1.807, 2.05) is 6.08 Å². The van der Waals surface area contributed by atoms with Crippen LogP contribution in [0, 0.1) is 6.57 Å². The molecule has 0 aliphatic heterocycles. The van der Waals surface area contributed by atoms with Gasteiger partial charge in [-0.1, -0.05) is 13.0 Å². The maximum absolute atomic E-state index is 11.0. The molecule has 1 aliphatic rings. The van der Waals surface area contributed by atoms with Crippen molar-refractivity contribution in [1.29, 1.82) is 0 Å². The molecule has 0 heterocycles. The number of allylic oxidation sites excluding steroid dienone is 1. The van der Waals surface area contributed by atoms with Crippen molar-refractivity contribution in [2.45, 2.75) is 38.7 Å². The van der Waals surface area contributed by atoms with Crippen LogP contribution < -0.4 is 0 Å². The van der Waals surface area contributed by atoms with Gasteiger partial charge in [0.15, 0.2) is 5.70 Å². The highest BCUT2D eigenvalue weighted by Gasteiger charge is 2.18. The quantitative estimate of drug-likeness (QED) is 0.481.